The van der Waals surface area contributed by atoms with E-state index in [2.05, 4.69) is 10.1 Å². The van der Waals surface area contributed by atoms with Crippen LogP contribution in [0.15, 0.2) is 24.4 Å². The summed E-state index contributed by atoms with van der Waals surface area (Å²) >= 11 is 0. The van der Waals surface area contributed by atoms with Gasteiger partial charge in [-0.3, -0.25) is 4.79 Å². The van der Waals surface area contributed by atoms with Crippen LogP contribution < -0.4 is 5.73 Å². The van der Waals surface area contributed by atoms with Crippen molar-refractivity contribution in [2.45, 2.75) is 12.2 Å². The third-order valence-electron chi connectivity index (χ3n) is 3.20. The van der Waals surface area contributed by atoms with Gasteiger partial charge in [-0.25, -0.2) is 18.1 Å². The van der Waals surface area contributed by atoms with Crippen molar-refractivity contribution in [2.24, 2.45) is 5.73 Å². The van der Waals surface area contributed by atoms with E-state index >= 15 is 0 Å². The predicted molar refractivity (Wildman–Crippen MR) is 71.1 cm³/mol. The van der Waals surface area contributed by atoms with Gasteiger partial charge < -0.3 is 5.73 Å². The highest BCUT2D eigenvalue weighted by Gasteiger charge is 2.31. The molecule has 2 N–H and O–H groups in total. The molecule has 8 heteroatoms. The van der Waals surface area contributed by atoms with E-state index in [0.29, 0.717) is 23.5 Å². The maximum absolute atomic E-state index is 11.7. The molecule has 7 nitrogen and oxygen atoms in total. The Kier molecular flexibility index (Phi) is 2.82. The minimum Gasteiger partial charge on any atom is -0.364 e. The molecular weight excluding hydrogens is 280 g/mol. The van der Waals surface area contributed by atoms with E-state index in [9.17, 15) is 13.2 Å². The van der Waals surface area contributed by atoms with Crippen LogP contribution in [0.25, 0.3) is 5.82 Å². The first-order chi connectivity index (χ1) is 9.48. The molecule has 0 aliphatic carbocycles. The molecule has 20 heavy (non-hydrogen) atoms. The average molecular weight is 292 g/mol. The van der Waals surface area contributed by atoms with Gasteiger partial charge >= 0.3 is 0 Å². The number of amides is 1. The fourth-order valence-corrected chi connectivity index (χ4v) is 3.70. The van der Waals surface area contributed by atoms with Crippen LogP contribution in [-0.4, -0.2) is 34.8 Å². The monoisotopic (exact) mass is 292 g/mol. The summed E-state index contributed by atoms with van der Waals surface area (Å²) in [6.45, 7) is 0. The Morgan fingerprint density at radius 2 is 2.15 bits per heavy atom. The minimum atomic E-state index is -3.20. The van der Waals surface area contributed by atoms with E-state index in [1.807, 2.05) is 0 Å². The number of sulfone groups is 1. The lowest BCUT2D eigenvalue weighted by atomic mass is 10.1. The summed E-state index contributed by atoms with van der Waals surface area (Å²) in [5.74, 6) is -0.354. The van der Waals surface area contributed by atoms with Gasteiger partial charge in [-0.2, -0.15) is 5.10 Å². The van der Waals surface area contributed by atoms with Crippen molar-refractivity contribution in [3.63, 3.8) is 0 Å². The van der Waals surface area contributed by atoms with Crippen molar-refractivity contribution in [3.05, 3.63) is 41.3 Å². The van der Waals surface area contributed by atoms with Crippen molar-refractivity contribution < 1.29 is 13.2 Å². The maximum Gasteiger partial charge on any atom is 0.269 e. The summed E-state index contributed by atoms with van der Waals surface area (Å²) in [5.41, 5.74) is 6.38. The van der Waals surface area contributed by atoms with Gasteiger partial charge in [-0.15, -0.1) is 0 Å². The Bertz CT molecular complexity index is 781. The third kappa shape index (κ3) is 2.07. The molecule has 3 heterocycles. The summed E-state index contributed by atoms with van der Waals surface area (Å²) in [6.07, 6.45) is 1.90. The fraction of sp³-hybridized carbons (Fsp3) is 0.250. The number of carbonyl (C=O) groups is 1. The molecule has 0 bridgehead atoms. The Balaban J connectivity index is 2.22. The van der Waals surface area contributed by atoms with Crippen LogP contribution in [0.3, 0.4) is 0 Å². The number of fused-ring (bicyclic) bond motifs is 1. The molecule has 1 aliphatic rings. The van der Waals surface area contributed by atoms with Crippen molar-refractivity contribution in [1.82, 2.24) is 14.8 Å². The zero-order valence-electron chi connectivity index (χ0n) is 10.5. The first-order valence-corrected chi connectivity index (χ1v) is 7.82. The molecule has 0 saturated carbocycles. The van der Waals surface area contributed by atoms with E-state index in [-0.39, 0.29) is 17.2 Å². The molecule has 1 aliphatic heterocycles. The Hall–Kier alpha value is -2.22. The van der Waals surface area contributed by atoms with E-state index in [1.165, 1.54) is 4.68 Å². The van der Waals surface area contributed by atoms with E-state index in [4.69, 9.17) is 5.73 Å². The molecule has 0 unspecified atom stereocenters. The molecule has 0 fully saturated rings. The predicted octanol–water partition coefficient (Wildman–Crippen LogP) is -0.163. The first kappa shape index (κ1) is 12.8. The largest absolute Gasteiger partial charge is 0.364 e. The van der Waals surface area contributed by atoms with Crippen LogP contribution in [0.4, 0.5) is 0 Å². The van der Waals surface area contributed by atoms with Crippen molar-refractivity contribution in [1.29, 1.82) is 0 Å². The fourth-order valence-electron chi connectivity index (χ4n) is 2.30. The van der Waals surface area contributed by atoms with Gasteiger partial charge in [0.25, 0.3) is 5.91 Å². The standard InChI is InChI=1S/C12H12N4O3S/c13-12(17)11-8-7-20(18,19)6-4-9(8)16(15-11)10-3-1-2-5-14-10/h1-3,5H,4,6-7H2,(H2,13,17). The molecule has 2 aromatic rings. The maximum atomic E-state index is 11.7. The molecular formula is C12H12N4O3S. The van der Waals surface area contributed by atoms with Crippen LogP contribution in [0, 0.1) is 0 Å². The summed E-state index contributed by atoms with van der Waals surface area (Å²) in [6, 6.07) is 5.29. The number of rotatable bonds is 2. The SMILES string of the molecule is NC(=O)c1nn(-c2ccccn2)c2c1CS(=O)(=O)CC2. The van der Waals surface area contributed by atoms with Gasteiger partial charge in [-0.05, 0) is 12.1 Å². The van der Waals surface area contributed by atoms with E-state index < -0.39 is 15.7 Å². The molecule has 3 rings (SSSR count). The number of carbonyl (C=O) groups excluding carboxylic acids is 1. The number of nitrogens with two attached hydrogens (primary N) is 1. The highest BCUT2D eigenvalue weighted by atomic mass is 32.2. The molecule has 2 aromatic heterocycles. The zero-order valence-corrected chi connectivity index (χ0v) is 11.3. The summed E-state index contributed by atoms with van der Waals surface area (Å²) in [4.78, 5) is 15.6. The lowest BCUT2D eigenvalue weighted by Gasteiger charge is -2.14. The normalized spacial score (nSPS) is 16.6. The van der Waals surface area contributed by atoms with Gasteiger partial charge in [0.1, 0.15) is 0 Å². The highest BCUT2D eigenvalue weighted by Crippen LogP contribution is 2.25. The van der Waals surface area contributed by atoms with Crippen LogP contribution in [-0.2, 0) is 22.0 Å². The lowest BCUT2D eigenvalue weighted by molar-refractivity contribution is 0.0994. The molecule has 0 radical (unpaired) electrons. The molecule has 0 atom stereocenters. The second-order valence-corrected chi connectivity index (χ2v) is 6.76. The Labute approximate surface area is 115 Å². The van der Waals surface area contributed by atoms with E-state index in [0.717, 1.165) is 0 Å². The van der Waals surface area contributed by atoms with Crippen LogP contribution in [0.5, 0.6) is 0 Å². The second-order valence-electron chi connectivity index (χ2n) is 4.58. The number of nitrogens with zero attached hydrogens (tertiary/aromatic N) is 3. The molecule has 0 saturated heterocycles. The molecule has 0 spiro atoms. The van der Waals surface area contributed by atoms with Gasteiger partial charge in [0.15, 0.2) is 21.3 Å². The minimum absolute atomic E-state index is 0.00827. The van der Waals surface area contributed by atoms with Gasteiger partial charge in [0.05, 0.1) is 17.2 Å². The van der Waals surface area contributed by atoms with Crippen LogP contribution in [0.2, 0.25) is 0 Å². The topological polar surface area (TPSA) is 108 Å². The second kappa shape index (κ2) is 4.41. The van der Waals surface area contributed by atoms with Crippen LogP contribution in [0.1, 0.15) is 21.7 Å². The number of aromatic nitrogens is 3. The Morgan fingerprint density at radius 1 is 1.35 bits per heavy atom. The van der Waals surface area contributed by atoms with Gasteiger partial charge in [0, 0.05) is 18.2 Å². The van der Waals surface area contributed by atoms with Gasteiger partial charge in [-0.1, -0.05) is 6.07 Å². The number of pyridine rings is 1. The number of primary amides is 1. The first-order valence-electron chi connectivity index (χ1n) is 6.00. The Morgan fingerprint density at radius 3 is 2.80 bits per heavy atom. The van der Waals surface area contributed by atoms with Crippen molar-refractivity contribution in [3.8, 4) is 5.82 Å². The lowest BCUT2D eigenvalue weighted by Crippen LogP contribution is -2.22. The average Bonchev–Trinajstić information content (AvgIpc) is 2.77. The summed E-state index contributed by atoms with van der Waals surface area (Å²) < 4.78 is 25.0. The van der Waals surface area contributed by atoms with Crippen molar-refractivity contribution >= 4 is 15.7 Å². The zero-order chi connectivity index (χ0) is 14.3. The highest BCUT2D eigenvalue weighted by molar-refractivity contribution is 7.90. The quantitative estimate of drug-likeness (QED) is 0.827. The van der Waals surface area contributed by atoms with Crippen molar-refractivity contribution in [2.75, 3.05) is 5.75 Å². The summed E-state index contributed by atoms with van der Waals surface area (Å²) in [7, 11) is -3.20. The molecule has 0 aromatic carbocycles. The van der Waals surface area contributed by atoms with E-state index in [1.54, 1.807) is 24.4 Å². The summed E-state index contributed by atoms with van der Waals surface area (Å²) in [5, 5.41) is 4.14. The molecule has 104 valence electrons. The number of hydrogen-bond donors (Lipinski definition) is 1. The van der Waals surface area contributed by atoms with Gasteiger partial charge in [0.2, 0.25) is 0 Å². The smallest absolute Gasteiger partial charge is 0.269 e. The third-order valence-corrected chi connectivity index (χ3v) is 4.76. The van der Waals surface area contributed by atoms with Crippen LogP contribution >= 0.6 is 0 Å². The molecule has 1 amide bonds. The number of hydrogen-bond acceptors (Lipinski definition) is 5.